The molecule has 4 nitrogen and oxygen atoms in total. The molecule has 0 saturated carbocycles. The largest absolute Gasteiger partial charge is 0.356 e. The maximum atomic E-state index is 11.5. The zero-order valence-electron chi connectivity index (χ0n) is 11.2. The molecule has 1 aliphatic rings. The van der Waals surface area contributed by atoms with Gasteiger partial charge in [0, 0.05) is 25.6 Å². The van der Waals surface area contributed by atoms with E-state index >= 15 is 0 Å². The lowest BCUT2D eigenvalue weighted by molar-refractivity contribution is -0.121. The van der Waals surface area contributed by atoms with E-state index in [1.54, 1.807) is 0 Å². The van der Waals surface area contributed by atoms with E-state index < -0.39 is 0 Å². The van der Waals surface area contributed by atoms with E-state index in [4.69, 9.17) is 5.73 Å². The molecule has 3 N–H and O–H groups in total. The Morgan fingerprint density at radius 3 is 2.82 bits per heavy atom. The van der Waals surface area contributed by atoms with Crippen molar-refractivity contribution in [2.24, 2.45) is 11.7 Å². The Hall–Kier alpha value is -0.610. The number of hydrogen-bond donors (Lipinski definition) is 2. The fourth-order valence-electron chi connectivity index (χ4n) is 2.27. The highest BCUT2D eigenvalue weighted by Crippen LogP contribution is 2.17. The summed E-state index contributed by atoms with van der Waals surface area (Å²) in [5.41, 5.74) is 5.39. The third-order valence-electron chi connectivity index (χ3n) is 3.49. The lowest BCUT2D eigenvalue weighted by Crippen LogP contribution is -2.32. The van der Waals surface area contributed by atoms with E-state index in [2.05, 4.69) is 24.1 Å². The van der Waals surface area contributed by atoms with Crippen LogP contribution in [0, 0.1) is 5.92 Å². The van der Waals surface area contributed by atoms with Gasteiger partial charge >= 0.3 is 0 Å². The van der Waals surface area contributed by atoms with E-state index in [0.717, 1.165) is 25.9 Å². The number of rotatable bonds is 7. The molecule has 0 spiro atoms. The van der Waals surface area contributed by atoms with Crippen LogP contribution in [0.15, 0.2) is 0 Å². The number of nitrogens with two attached hydrogens (primary N) is 1. The van der Waals surface area contributed by atoms with Crippen molar-refractivity contribution >= 4 is 5.91 Å². The second-order valence-electron chi connectivity index (χ2n) is 5.29. The number of carbonyl (C=O) groups excluding carboxylic acids is 1. The van der Waals surface area contributed by atoms with Gasteiger partial charge in [0.25, 0.3) is 0 Å². The van der Waals surface area contributed by atoms with Crippen molar-refractivity contribution in [3.63, 3.8) is 0 Å². The van der Waals surface area contributed by atoms with Crippen LogP contribution in [0.4, 0.5) is 0 Å². The summed E-state index contributed by atoms with van der Waals surface area (Å²) in [5, 5.41) is 3.04. The van der Waals surface area contributed by atoms with Crippen LogP contribution >= 0.6 is 0 Å². The molecule has 1 atom stereocenters. The Bertz CT molecular complexity index is 231. The molecule has 1 aliphatic heterocycles. The second-order valence-corrected chi connectivity index (χ2v) is 5.29. The molecule has 1 amide bonds. The zero-order valence-corrected chi connectivity index (χ0v) is 11.2. The van der Waals surface area contributed by atoms with Crippen LogP contribution in [0.2, 0.25) is 0 Å². The van der Waals surface area contributed by atoms with Crippen LogP contribution in [0.3, 0.4) is 0 Å². The van der Waals surface area contributed by atoms with Crippen molar-refractivity contribution < 1.29 is 4.79 Å². The number of hydrogen-bond acceptors (Lipinski definition) is 3. The Balaban J connectivity index is 2.09. The summed E-state index contributed by atoms with van der Waals surface area (Å²) in [6, 6.07) is 0.625. The van der Waals surface area contributed by atoms with E-state index in [1.807, 2.05) is 0 Å². The van der Waals surface area contributed by atoms with Gasteiger partial charge in [-0.1, -0.05) is 0 Å². The molecule has 0 aromatic carbocycles. The van der Waals surface area contributed by atoms with Crippen LogP contribution in [0.5, 0.6) is 0 Å². The van der Waals surface area contributed by atoms with Crippen molar-refractivity contribution in [1.82, 2.24) is 10.2 Å². The van der Waals surface area contributed by atoms with Crippen LogP contribution in [0.1, 0.15) is 39.5 Å². The fourth-order valence-corrected chi connectivity index (χ4v) is 2.27. The Kier molecular flexibility index (Phi) is 6.52. The van der Waals surface area contributed by atoms with Crippen LogP contribution in [-0.4, -0.2) is 43.0 Å². The molecule has 17 heavy (non-hydrogen) atoms. The third kappa shape index (κ3) is 5.50. The monoisotopic (exact) mass is 241 g/mol. The summed E-state index contributed by atoms with van der Waals surface area (Å²) in [5.74, 6) is 0.817. The first-order chi connectivity index (χ1) is 8.13. The normalized spacial score (nSPS) is 21.1. The minimum Gasteiger partial charge on any atom is -0.356 e. The highest BCUT2D eigenvalue weighted by Gasteiger charge is 2.24. The number of amides is 1. The molecule has 1 heterocycles. The summed E-state index contributed by atoms with van der Waals surface area (Å²) in [6.45, 7) is 8.28. The van der Waals surface area contributed by atoms with Gasteiger partial charge in [0.05, 0.1) is 0 Å². The molecule has 0 aliphatic carbocycles. The predicted molar refractivity (Wildman–Crippen MR) is 70.7 cm³/mol. The maximum absolute atomic E-state index is 11.5. The number of carbonyl (C=O) groups is 1. The average Bonchev–Trinajstić information content (AvgIpc) is 2.75. The Morgan fingerprint density at radius 2 is 2.24 bits per heavy atom. The number of nitrogens with one attached hydrogen (secondary N) is 1. The molecule has 0 aromatic heterocycles. The van der Waals surface area contributed by atoms with E-state index in [1.165, 1.54) is 13.0 Å². The molecule has 0 bridgehead atoms. The molecule has 0 aromatic rings. The maximum Gasteiger partial charge on any atom is 0.220 e. The highest BCUT2D eigenvalue weighted by molar-refractivity contribution is 5.75. The Labute approximate surface area is 105 Å². The number of nitrogens with zero attached hydrogens (tertiary/aromatic N) is 1. The molecule has 4 heteroatoms. The second kappa shape index (κ2) is 7.67. The first-order valence-electron chi connectivity index (χ1n) is 6.84. The molecular formula is C13H27N3O. The van der Waals surface area contributed by atoms with Crippen molar-refractivity contribution in [2.45, 2.75) is 45.6 Å². The third-order valence-corrected chi connectivity index (χ3v) is 3.49. The average molecular weight is 241 g/mol. The van der Waals surface area contributed by atoms with Crippen molar-refractivity contribution in [2.75, 3.05) is 26.2 Å². The summed E-state index contributed by atoms with van der Waals surface area (Å²) in [7, 11) is 0. The van der Waals surface area contributed by atoms with Gasteiger partial charge in [0.1, 0.15) is 0 Å². The lowest BCUT2D eigenvalue weighted by atomic mass is 10.1. The number of likely N-dealkylation sites (tertiary alicyclic amines) is 1. The molecular weight excluding hydrogens is 214 g/mol. The number of unbranched alkanes of at least 4 members (excludes halogenated alkanes) is 1. The van der Waals surface area contributed by atoms with E-state index in [-0.39, 0.29) is 5.91 Å². The molecule has 0 radical (unpaired) electrons. The van der Waals surface area contributed by atoms with E-state index in [0.29, 0.717) is 24.9 Å². The SMILES string of the molecule is CC(C)N1CCC(CNC(=O)CCCCN)C1. The Morgan fingerprint density at radius 1 is 1.47 bits per heavy atom. The minimum absolute atomic E-state index is 0.182. The van der Waals surface area contributed by atoms with Gasteiger partial charge in [0.15, 0.2) is 0 Å². The van der Waals surface area contributed by atoms with Crippen molar-refractivity contribution in [3.05, 3.63) is 0 Å². The molecule has 1 rings (SSSR count). The van der Waals surface area contributed by atoms with Crippen LogP contribution < -0.4 is 11.1 Å². The topological polar surface area (TPSA) is 58.4 Å². The predicted octanol–water partition coefficient (Wildman–Crippen LogP) is 0.962. The summed E-state index contributed by atoms with van der Waals surface area (Å²) in [4.78, 5) is 14.0. The van der Waals surface area contributed by atoms with E-state index in [9.17, 15) is 4.79 Å². The van der Waals surface area contributed by atoms with Gasteiger partial charge in [-0.15, -0.1) is 0 Å². The van der Waals surface area contributed by atoms with Crippen molar-refractivity contribution in [1.29, 1.82) is 0 Å². The lowest BCUT2D eigenvalue weighted by Gasteiger charge is -2.20. The van der Waals surface area contributed by atoms with Gasteiger partial charge < -0.3 is 16.0 Å². The van der Waals surface area contributed by atoms with Gasteiger partial charge in [-0.25, -0.2) is 0 Å². The van der Waals surface area contributed by atoms with Crippen LogP contribution in [0.25, 0.3) is 0 Å². The summed E-state index contributed by atoms with van der Waals surface area (Å²) >= 11 is 0. The van der Waals surface area contributed by atoms with Gasteiger partial charge in [-0.05, 0) is 52.1 Å². The minimum atomic E-state index is 0.182. The summed E-state index contributed by atoms with van der Waals surface area (Å²) < 4.78 is 0. The molecule has 100 valence electrons. The molecule has 1 saturated heterocycles. The molecule has 1 unspecified atom stereocenters. The summed E-state index contributed by atoms with van der Waals surface area (Å²) in [6.07, 6.45) is 3.68. The van der Waals surface area contributed by atoms with Gasteiger partial charge in [-0.3, -0.25) is 4.79 Å². The van der Waals surface area contributed by atoms with Crippen molar-refractivity contribution in [3.8, 4) is 0 Å². The first-order valence-corrected chi connectivity index (χ1v) is 6.84. The first kappa shape index (κ1) is 14.5. The zero-order chi connectivity index (χ0) is 12.7. The van der Waals surface area contributed by atoms with Crippen LogP contribution in [-0.2, 0) is 4.79 Å². The quantitative estimate of drug-likeness (QED) is 0.653. The fraction of sp³-hybridized carbons (Fsp3) is 0.923. The van der Waals surface area contributed by atoms with Gasteiger partial charge in [-0.2, -0.15) is 0 Å². The smallest absolute Gasteiger partial charge is 0.220 e. The molecule has 1 fully saturated rings. The van der Waals surface area contributed by atoms with Gasteiger partial charge in [0.2, 0.25) is 5.91 Å². The standard InChI is InChI=1S/C13H27N3O/c1-11(2)16-8-6-12(10-16)9-15-13(17)5-3-4-7-14/h11-12H,3-10,14H2,1-2H3,(H,15,17). The highest BCUT2D eigenvalue weighted by atomic mass is 16.1.